The standard InChI is InChI=1S/C24H26N4O2/c1-2-20-14-18(10-11-25-20)19-15-22(24(30)26-16-19)27-23(29)17-6-8-21(9-7-17)28-12-4-3-5-13-28/h6-11,14-16H,2-5,12-13H2,1H3,(H,26,30)(H,27,29). The van der Waals surface area contributed by atoms with Crippen LogP contribution in [-0.2, 0) is 6.42 Å². The molecule has 1 aliphatic heterocycles. The maximum atomic E-state index is 12.7. The first-order valence-corrected chi connectivity index (χ1v) is 10.5. The highest BCUT2D eigenvalue weighted by Gasteiger charge is 2.13. The number of carbonyl (C=O) groups excluding carboxylic acids is 1. The summed E-state index contributed by atoms with van der Waals surface area (Å²) in [4.78, 5) is 34.3. The maximum absolute atomic E-state index is 12.7. The van der Waals surface area contributed by atoms with Crippen LogP contribution in [0.2, 0.25) is 0 Å². The van der Waals surface area contributed by atoms with E-state index in [1.807, 2.05) is 43.3 Å². The van der Waals surface area contributed by atoms with Crippen LogP contribution in [0.15, 0.2) is 59.7 Å². The molecule has 0 unspecified atom stereocenters. The van der Waals surface area contributed by atoms with Crippen LogP contribution in [0.25, 0.3) is 11.1 Å². The largest absolute Gasteiger partial charge is 0.372 e. The summed E-state index contributed by atoms with van der Waals surface area (Å²) in [6.07, 6.45) is 7.93. The van der Waals surface area contributed by atoms with Crippen molar-refractivity contribution in [3.63, 3.8) is 0 Å². The van der Waals surface area contributed by atoms with E-state index in [1.165, 1.54) is 19.3 Å². The highest BCUT2D eigenvalue weighted by Crippen LogP contribution is 2.22. The topological polar surface area (TPSA) is 78.1 Å². The van der Waals surface area contributed by atoms with Crippen molar-refractivity contribution in [3.8, 4) is 11.1 Å². The summed E-state index contributed by atoms with van der Waals surface area (Å²) in [5, 5.41) is 2.75. The molecule has 0 saturated carbocycles. The van der Waals surface area contributed by atoms with E-state index >= 15 is 0 Å². The Bertz CT molecular complexity index is 1080. The summed E-state index contributed by atoms with van der Waals surface area (Å²) in [5.74, 6) is -0.299. The molecule has 3 aromatic rings. The number of nitrogens with one attached hydrogen (secondary N) is 2. The fourth-order valence-corrected chi connectivity index (χ4v) is 3.76. The molecule has 0 aliphatic carbocycles. The average molecular weight is 402 g/mol. The van der Waals surface area contributed by atoms with E-state index in [9.17, 15) is 9.59 Å². The fourth-order valence-electron chi connectivity index (χ4n) is 3.76. The average Bonchev–Trinajstić information content (AvgIpc) is 2.81. The molecule has 3 heterocycles. The molecule has 30 heavy (non-hydrogen) atoms. The monoisotopic (exact) mass is 402 g/mol. The molecule has 1 aliphatic rings. The molecule has 1 aromatic carbocycles. The van der Waals surface area contributed by atoms with Crippen LogP contribution in [0.1, 0.15) is 42.2 Å². The van der Waals surface area contributed by atoms with Gasteiger partial charge < -0.3 is 15.2 Å². The third-order valence-corrected chi connectivity index (χ3v) is 5.51. The molecule has 0 atom stereocenters. The molecule has 1 fully saturated rings. The van der Waals surface area contributed by atoms with Crippen LogP contribution >= 0.6 is 0 Å². The summed E-state index contributed by atoms with van der Waals surface area (Å²) in [7, 11) is 0. The predicted molar refractivity (Wildman–Crippen MR) is 120 cm³/mol. The third-order valence-electron chi connectivity index (χ3n) is 5.51. The number of piperidine rings is 1. The van der Waals surface area contributed by atoms with E-state index in [2.05, 4.69) is 20.2 Å². The molecular weight excluding hydrogens is 376 g/mol. The zero-order valence-corrected chi connectivity index (χ0v) is 17.1. The normalized spacial score (nSPS) is 13.8. The Morgan fingerprint density at radius 1 is 1.07 bits per heavy atom. The van der Waals surface area contributed by atoms with Gasteiger partial charge in [-0.3, -0.25) is 14.6 Å². The number of H-pyrrole nitrogens is 1. The van der Waals surface area contributed by atoms with Crippen LogP contribution in [0, 0.1) is 0 Å². The van der Waals surface area contributed by atoms with Crippen molar-refractivity contribution in [3.05, 3.63) is 76.5 Å². The van der Waals surface area contributed by atoms with E-state index in [0.29, 0.717) is 5.56 Å². The van der Waals surface area contributed by atoms with Gasteiger partial charge in [-0.2, -0.15) is 0 Å². The van der Waals surface area contributed by atoms with Gasteiger partial charge in [-0.15, -0.1) is 0 Å². The second kappa shape index (κ2) is 8.95. The van der Waals surface area contributed by atoms with Crippen molar-refractivity contribution in [1.82, 2.24) is 9.97 Å². The Kier molecular flexibility index (Phi) is 5.93. The number of amides is 1. The second-order valence-electron chi connectivity index (χ2n) is 7.57. The highest BCUT2D eigenvalue weighted by molar-refractivity contribution is 6.04. The molecule has 4 rings (SSSR count). The lowest BCUT2D eigenvalue weighted by atomic mass is 10.1. The number of pyridine rings is 2. The molecular formula is C24H26N4O2. The van der Waals surface area contributed by atoms with Gasteiger partial charge in [0.15, 0.2) is 0 Å². The number of rotatable bonds is 5. The van der Waals surface area contributed by atoms with Crippen molar-refractivity contribution in [2.24, 2.45) is 0 Å². The van der Waals surface area contributed by atoms with Crippen LogP contribution in [0.4, 0.5) is 11.4 Å². The predicted octanol–water partition coefficient (Wildman–Crippen LogP) is 4.24. The van der Waals surface area contributed by atoms with Crippen molar-refractivity contribution < 1.29 is 4.79 Å². The number of anilines is 2. The van der Waals surface area contributed by atoms with Crippen LogP contribution in [0.5, 0.6) is 0 Å². The van der Waals surface area contributed by atoms with Gasteiger partial charge in [0, 0.05) is 48.0 Å². The molecule has 2 aromatic heterocycles. The summed E-state index contributed by atoms with van der Waals surface area (Å²) >= 11 is 0. The quantitative estimate of drug-likeness (QED) is 0.669. The van der Waals surface area contributed by atoms with Crippen molar-refractivity contribution in [1.29, 1.82) is 0 Å². The number of benzene rings is 1. The first-order valence-electron chi connectivity index (χ1n) is 10.5. The SMILES string of the molecule is CCc1cc(-c2c[nH]c(=O)c(NC(=O)c3ccc(N4CCCCC4)cc3)c2)ccn1. The van der Waals surface area contributed by atoms with E-state index in [4.69, 9.17) is 0 Å². The number of hydrogen-bond donors (Lipinski definition) is 2. The molecule has 0 radical (unpaired) electrons. The lowest BCUT2D eigenvalue weighted by molar-refractivity contribution is 0.102. The minimum atomic E-state index is -0.332. The van der Waals surface area contributed by atoms with Crippen LogP contribution in [-0.4, -0.2) is 29.0 Å². The first kappa shape index (κ1) is 19.9. The third kappa shape index (κ3) is 4.43. The Morgan fingerprint density at radius 2 is 1.83 bits per heavy atom. The van der Waals surface area contributed by atoms with E-state index in [1.54, 1.807) is 18.5 Å². The molecule has 0 bridgehead atoms. The second-order valence-corrected chi connectivity index (χ2v) is 7.57. The summed E-state index contributed by atoms with van der Waals surface area (Å²) in [5.41, 5.74) is 4.29. The number of aryl methyl sites for hydroxylation is 1. The van der Waals surface area contributed by atoms with E-state index in [-0.39, 0.29) is 17.2 Å². The van der Waals surface area contributed by atoms with E-state index in [0.717, 1.165) is 42.0 Å². The zero-order chi connectivity index (χ0) is 20.9. The minimum absolute atomic E-state index is 0.229. The molecule has 2 N–H and O–H groups in total. The number of aromatic nitrogens is 2. The van der Waals surface area contributed by atoms with Crippen molar-refractivity contribution in [2.75, 3.05) is 23.3 Å². The highest BCUT2D eigenvalue weighted by atomic mass is 16.2. The first-order chi connectivity index (χ1) is 14.6. The van der Waals surface area contributed by atoms with Gasteiger partial charge in [0.25, 0.3) is 11.5 Å². The lowest BCUT2D eigenvalue weighted by Gasteiger charge is -2.28. The van der Waals surface area contributed by atoms with Gasteiger partial charge in [0.1, 0.15) is 5.69 Å². The molecule has 154 valence electrons. The van der Waals surface area contributed by atoms with Crippen molar-refractivity contribution in [2.45, 2.75) is 32.6 Å². The van der Waals surface area contributed by atoms with Crippen LogP contribution < -0.4 is 15.8 Å². The van der Waals surface area contributed by atoms with Gasteiger partial charge >= 0.3 is 0 Å². The summed E-state index contributed by atoms with van der Waals surface area (Å²) in [6.45, 7) is 4.16. The molecule has 6 heteroatoms. The smallest absolute Gasteiger partial charge is 0.271 e. The number of carbonyl (C=O) groups is 1. The van der Waals surface area contributed by atoms with E-state index < -0.39 is 0 Å². The molecule has 1 saturated heterocycles. The van der Waals surface area contributed by atoms with Gasteiger partial charge in [-0.05, 0) is 73.7 Å². The fraction of sp³-hybridized carbons (Fsp3) is 0.292. The lowest BCUT2D eigenvalue weighted by Crippen LogP contribution is -2.29. The summed E-state index contributed by atoms with van der Waals surface area (Å²) < 4.78 is 0. The zero-order valence-electron chi connectivity index (χ0n) is 17.1. The summed E-state index contributed by atoms with van der Waals surface area (Å²) in [6, 6.07) is 13.2. The number of nitrogens with zero attached hydrogens (tertiary/aromatic N) is 2. The van der Waals surface area contributed by atoms with Gasteiger partial charge in [-0.1, -0.05) is 6.92 Å². The molecule has 0 spiro atoms. The number of aromatic amines is 1. The Morgan fingerprint density at radius 3 is 2.57 bits per heavy atom. The molecule has 6 nitrogen and oxygen atoms in total. The van der Waals surface area contributed by atoms with Gasteiger partial charge in [-0.25, -0.2) is 0 Å². The Labute approximate surface area is 176 Å². The van der Waals surface area contributed by atoms with Crippen LogP contribution in [0.3, 0.4) is 0 Å². The Hall–Kier alpha value is -3.41. The van der Waals surface area contributed by atoms with Gasteiger partial charge in [0.05, 0.1) is 0 Å². The maximum Gasteiger partial charge on any atom is 0.271 e. The van der Waals surface area contributed by atoms with Gasteiger partial charge in [0.2, 0.25) is 0 Å². The Balaban J connectivity index is 1.52. The minimum Gasteiger partial charge on any atom is -0.372 e. The number of hydrogen-bond acceptors (Lipinski definition) is 4. The molecule has 1 amide bonds. The van der Waals surface area contributed by atoms with Crippen molar-refractivity contribution >= 4 is 17.3 Å².